The minimum Gasteiger partial charge on any atom is -0.460 e. The monoisotopic (exact) mass is 279 g/mol. The van der Waals surface area contributed by atoms with Gasteiger partial charge in [-0.15, -0.1) is 0 Å². The number of hydrogen-bond donors (Lipinski definition) is 0. The number of rotatable bonds is 3. The molecule has 1 heterocycles. The number of ether oxygens (including phenoxy) is 1. The highest BCUT2D eigenvalue weighted by atomic mass is 16.7. The van der Waals surface area contributed by atoms with Crippen molar-refractivity contribution in [3.8, 4) is 0 Å². The molecule has 0 N–H and O–H groups in total. The fourth-order valence-electron chi connectivity index (χ4n) is 2.27. The van der Waals surface area contributed by atoms with E-state index < -0.39 is 11.9 Å². The topological polar surface area (TPSA) is 78.1 Å². The molecule has 2 rings (SSSR count). The average molecular weight is 279 g/mol. The second-order valence-electron chi connectivity index (χ2n) is 4.55. The number of fused-ring (bicyclic) bond motifs is 1. The van der Waals surface area contributed by atoms with E-state index in [1.807, 2.05) is 0 Å². The van der Waals surface area contributed by atoms with Gasteiger partial charge in [0.2, 0.25) is 5.76 Å². The third-order valence-corrected chi connectivity index (χ3v) is 3.07. The molecular weight excluding hydrogens is 262 g/mol. The van der Waals surface area contributed by atoms with Crippen LogP contribution in [0.3, 0.4) is 0 Å². The van der Waals surface area contributed by atoms with Crippen LogP contribution in [0.25, 0.3) is 0 Å². The molecular formula is C14H17NO5. The van der Waals surface area contributed by atoms with Crippen molar-refractivity contribution in [3.63, 3.8) is 0 Å². The highest BCUT2D eigenvalue weighted by Crippen LogP contribution is 2.30. The molecule has 0 saturated heterocycles. The van der Waals surface area contributed by atoms with Crippen molar-refractivity contribution in [2.75, 3.05) is 6.61 Å². The van der Waals surface area contributed by atoms with Crippen LogP contribution in [0.4, 0.5) is 0 Å². The number of carbonyl (C=O) groups excluding carboxylic acids is 2. The van der Waals surface area contributed by atoms with Gasteiger partial charge in [0.25, 0.3) is 0 Å². The van der Waals surface area contributed by atoms with Crippen molar-refractivity contribution in [1.82, 2.24) is 0 Å². The summed E-state index contributed by atoms with van der Waals surface area (Å²) in [7, 11) is 0. The smallest absolute Gasteiger partial charge is 0.374 e. The Hall–Kier alpha value is -2.11. The van der Waals surface area contributed by atoms with E-state index in [9.17, 15) is 9.59 Å². The van der Waals surface area contributed by atoms with Crippen LogP contribution in [0.1, 0.15) is 54.1 Å². The molecule has 1 aromatic rings. The van der Waals surface area contributed by atoms with Crippen molar-refractivity contribution < 1.29 is 23.6 Å². The van der Waals surface area contributed by atoms with Gasteiger partial charge in [0.05, 0.1) is 12.3 Å². The minimum atomic E-state index is -0.480. The Bertz CT molecular complexity index is 570. The fraction of sp³-hybridized carbons (Fsp3) is 0.500. The van der Waals surface area contributed by atoms with Gasteiger partial charge in [-0.1, -0.05) is 5.16 Å². The van der Waals surface area contributed by atoms with E-state index in [1.165, 1.54) is 6.92 Å². The van der Waals surface area contributed by atoms with Gasteiger partial charge >= 0.3 is 11.9 Å². The average Bonchev–Trinajstić information content (AvgIpc) is 2.75. The number of nitrogens with zero attached hydrogens (tertiary/aromatic N) is 1. The summed E-state index contributed by atoms with van der Waals surface area (Å²) in [6, 6.07) is 0. The molecule has 0 bridgehead atoms. The van der Waals surface area contributed by atoms with Crippen LogP contribution < -0.4 is 0 Å². The zero-order chi connectivity index (χ0) is 14.7. The molecule has 0 aromatic carbocycles. The number of furan rings is 1. The van der Waals surface area contributed by atoms with E-state index in [0.717, 1.165) is 18.4 Å². The molecule has 0 fully saturated rings. The van der Waals surface area contributed by atoms with Gasteiger partial charge in [-0.2, -0.15) is 0 Å². The molecule has 0 amide bonds. The number of carbonyl (C=O) groups is 2. The van der Waals surface area contributed by atoms with Crippen LogP contribution in [-0.4, -0.2) is 24.3 Å². The highest BCUT2D eigenvalue weighted by molar-refractivity contribution is 6.05. The first-order chi connectivity index (χ1) is 9.54. The van der Waals surface area contributed by atoms with E-state index in [0.29, 0.717) is 23.5 Å². The van der Waals surface area contributed by atoms with Crippen molar-refractivity contribution >= 4 is 17.7 Å². The van der Waals surface area contributed by atoms with E-state index >= 15 is 0 Å². The molecule has 0 radical (unpaired) electrons. The largest absolute Gasteiger partial charge is 0.460 e. The fourth-order valence-corrected chi connectivity index (χ4v) is 2.27. The van der Waals surface area contributed by atoms with Crippen LogP contribution >= 0.6 is 0 Å². The first-order valence-corrected chi connectivity index (χ1v) is 6.58. The van der Waals surface area contributed by atoms with Gasteiger partial charge in [-0.05, 0) is 26.7 Å². The summed E-state index contributed by atoms with van der Waals surface area (Å²) in [6.45, 7) is 5.10. The Morgan fingerprint density at radius 3 is 2.75 bits per heavy atom. The zero-order valence-corrected chi connectivity index (χ0v) is 11.8. The number of aryl methyl sites for hydroxylation is 1. The lowest BCUT2D eigenvalue weighted by Crippen LogP contribution is -2.12. The third-order valence-electron chi connectivity index (χ3n) is 3.07. The normalized spacial score (nSPS) is 15.8. The van der Waals surface area contributed by atoms with Crippen LogP contribution in [0.5, 0.6) is 0 Å². The summed E-state index contributed by atoms with van der Waals surface area (Å²) < 4.78 is 10.6. The first-order valence-electron chi connectivity index (χ1n) is 6.58. The molecule has 1 aliphatic carbocycles. The van der Waals surface area contributed by atoms with E-state index in [2.05, 4.69) is 5.16 Å². The molecule has 0 aliphatic heterocycles. The molecule has 108 valence electrons. The van der Waals surface area contributed by atoms with Gasteiger partial charge in [0, 0.05) is 24.5 Å². The predicted octanol–water partition coefficient (Wildman–Crippen LogP) is 2.37. The Morgan fingerprint density at radius 2 is 2.10 bits per heavy atom. The number of hydrogen-bond acceptors (Lipinski definition) is 6. The molecule has 6 heteroatoms. The summed E-state index contributed by atoms with van der Waals surface area (Å²) in [5.41, 5.74) is 2.09. The lowest BCUT2D eigenvalue weighted by molar-refractivity contribution is -0.140. The Kier molecular flexibility index (Phi) is 4.22. The second-order valence-corrected chi connectivity index (χ2v) is 4.55. The molecule has 0 saturated carbocycles. The van der Waals surface area contributed by atoms with Gasteiger partial charge < -0.3 is 14.0 Å². The van der Waals surface area contributed by atoms with Gasteiger partial charge in [-0.25, -0.2) is 9.59 Å². The SMILES string of the molecule is CCOC(=O)c1oc2c(c1C)C(=NOC(C)=O)CCC2. The van der Waals surface area contributed by atoms with E-state index in [4.69, 9.17) is 14.0 Å². The number of esters is 1. The van der Waals surface area contributed by atoms with E-state index in [-0.39, 0.29) is 12.4 Å². The molecule has 6 nitrogen and oxygen atoms in total. The van der Waals surface area contributed by atoms with E-state index in [1.54, 1.807) is 13.8 Å². The van der Waals surface area contributed by atoms with Crippen LogP contribution in [0, 0.1) is 6.92 Å². The first kappa shape index (κ1) is 14.3. The van der Waals surface area contributed by atoms with Crippen LogP contribution in [-0.2, 0) is 20.8 Å². The molecule has 1 aromatic heterocycles. The molecule has 20 heavy (non-hydrogen) atoms. The summed E-state index contributed by atoms with van der Waals surface area (Å²) in [5, 5.41) is 3.86. The summed E-state index contributed by atoms with van der Waals surface area (Å²) in [5.74, 6) is -0.0559. The molecule has 0 spiro atoms. The third kappa shape index (κ3) is 2.74. The van der Waals surface area contributed by atoms with Crippen LogP contribution in [0.2, 0.25) is 0 Å². The summed E-state index contributed by atoms with van der Waals surface area (Å²) in [6.07, 6.45) is 2.25. The second kappa shape index (κ2) is 5.90. The summed E-state index contributed by atoms with van der Waals surface area (Å²) in [4.78, 5) is 27.4. The molecule has 0 atom stereocenters. The Labute approximate surface area is 116 Å². The lowest BCUT2D eigenvalue weighted by Gasteiger charge is -2.12. The maximum atomic E-state index is 11.8. The van der Waals surface area contributed by atoms with Gasteiger partial charge in [0.15, 0.2) is 0 Å². The zero-order valence-electron chi connectivity index (χ0n) is 11.8. The van der Waals surface area contributed by atoms with Crippen molar-refractivity contribution in [1.29, 1.82) is 0 Å². The molecule has 0 unspecified atom stereocenters. The van der Waals surface area contributed by atoms with Crippen molar-refractivity contribution in [2.45, 2.75) is 40.0 Å². The number of oxime groups is 1. The standard InChI is InChI=1S/C14H17NO5/c1-4-18-14(17)13-8(2)12-10(15-20-9(3)16)6-5-7-11(12)19-13/h4-7H2,1-3H3. The van der Waals surface area contributed by atoms with Gasteiger partial charge in [-0.3, -0.25) is 0 Å². The summed E-state index contributed by atoms with van der Waals surface area (Å²) >= 11 is 0. The van der Waals surface area contributed by atoms with Crippen molar-refractivity contribution in [2.24, 2.45) is 5.16 Å². The van der Waals surface area contributed by atoms with Crippen LogP contribution in [0.15, 0.2) is 9.57 Å². The minimum absolute atomic E-state index is 0.203. The quantitative estimate of drug-likeness (QED) is 0.482. The predicted molar refractivity (Wildman–Crippen MR) is 70.6 cm³/mol. The van der Waals surface area contributed by atoms with Gasteiger partial charge in [0.1, 0.15) is 5.76 Å². The molecule has 1 aliphatic rings. The maximum absolute atomic E-state index is 11.8. The Balaban J connectivity index is 2.39. The van der Waals surface area contributed by atoms with Crippen molar-refractivity contribution in [3.05, 3.63) is 22.6 Å². The highest BCUT2D eigenvalue weighted by Gasteiger charge is 2.28. The maximum Gasteiger partial charge on any atom is 0.374 e. The lowest BCUT2D eigenvalue weighted by atomic mass is 9.93. The Morgan fingerprint density at radius 1 is 1.35 bits per heavy atom.